The molecule has 2 aromatic heterocycles. The Morgan fingerprint density at radius 1 is 0.432 bits per heavy atom. The summed E-state index contributed by atoms with van der Waals surface area (Å²) in [6, 6.07) is 52.4. The summed E-state index contributed by atoms with van der Waals surface area (Å²) in [6.07, 6.45) is 0. The molecule has 0 saturated heterocycles. The Morgan fingerprint density at radius 3 is 1.73 bits per heavy atom. The number of aromatic nitrogens is 3. The van der Waals surface area contributed by atoms with Crippen LogP contribution in [-0.2, 0) is 5.41 Å². The summed E-state index contributed by atoms with van der Waals surface area (Å²) in [4.78, 5) is 15.7. The van der Waals surface area contributed by atoms with Crippen LogP contribution in [0.5, 0.6) is 0 Å². The van der Waals surface area contributed by atoms with Crippen LogP contribution >= 0.6 is 0 Å². The summed E-state index contributed by atoms with van der Waals surface area (Å²) in [5.74, 6) is 1.93. The molecule has 0 aliphatic heterocycles. The van der Waals surface area contributed by atoms with Crippen molar-refractivity contribution in [3.05, 3.63) is 174 Å². The monoisotopic (exact) mass is 563 g/mol. The number of nitrogens with zero attached hydrogens (tertiary/aromatic N) is 3. The Morgan fingerprint density at radius 2 is 1.00 bits per heavy atom. The topological polar surface area (TPSA) is 51.8 Å². The van der Waals surface area contributed by atoms with E-state index >= 15 is 0 Å². The fourth-order valence-electron chi connectivity index (χ4n) is 6.86. The molecule has 4 heteroatoms. The van der Waals surface area contributed by atoms with Gasteiger partial charge in [-0.15, -0.1) is 0 Å². The fourth-order valence-corrected chi connectivity index (χ4v) is 6.86. The molecule has 9 rings (SSSR count). The summed E-state index contributed by atoms with van der Waals surface area (Å²) >= 11 is 0. The predicted octanol–water partition coefficient (Wildman–Crippen LogP) is 9.47. The average molecular weight is 564 g/mol. The molecular weight excluding hydrogens is 538 g/mol. The number of hydrogen-bond donors (Lipinski definition) is 0. The zero-order valence-corrected chi connectivity index (χ0v) is 23.7. The van der Waals surface area contributed by atoms with Crippen LogP contribution < -0.4 is 0 Å². The normalized spacial score (nSPS) is 13.2. The summed E-state index contributed by atoms with van der Waals surface area (Å²) < 4.78 is 6.27. The number of rotatable bonds is 4. The highest BCUT2D eigenvalue weighted by molar-refractivity contribution is 6.05. The molecule has 0 saturated carbocycles. The zero-order chi connectivity index (χ0) is 29.1. The minimum absolute atomic E-state index is 0.605. The first-order valence-electron chi connectivity index (χ1n) is 14.8. The van der Waals surface area contributed by atoms with Crippen LogP contribution in [0.4, 0.5) is 0 Å². The highest BCUT2D eigenvalue weighted by atomic mass is 16.3. The molecule has 8 aromatic rings. The van der Waals surface area contributed by atoms with Gasteiger partial charge in [-0.2, -0.15) is 0 Å². The molecule has 0 unspecified atom stereocenters. The molecule has 0 amide bonds. The molecule has 0 N–H and O–H groups in total. The van der Waals surface area contributed by atoms with Gasteiger partial charge in [0.2, 0.25) is 0 Å². The summed E-state index contributed by atoms with van der Waals surface area (Å²) in [5, 5.41) is 2.17. The average Bonchev–Trinajstić information content (AvgIpc) is 3.62. The van der Waals surface area contributed by atoms with Crippen LogP contribution in [0.1, 0.15) is 22.5 Å². The minimum atomic E-state index is -0.737. The van der Waals surface area contributed by atoms with Gasteiger partial charge in [-0.05, 0) is 46.0 Å². The largest absolute Gasteiger partial charge is 0.456 e. The first-order valence-corrected chi connectivity index (χ1v) is 14.8. The van der Waals surface area contributed by atoms with Gasteiger partial charge in [0, 0.05) is 21.9 Å². The van der Waals surface area contributed by atoms with Crippen LogP contribution in [0.25, 0.3) is 55.8 Å². The zero-order valence-electron chi connectivity index (χ0n) is 23.7. The van der Waals surface area contributed by atoms with E-state index in [2.05, 4.69) is 115 Å². The van der Waals surface area contributed by atoms with E-state index in [0.717, 1.165) is 49.8 Å². The van der Waals surface area contributed by atoms with Gasteiger partial charge in [0.15, 0.2) is 17.5 Å². The Hall–Kier alpha value is -5.87. The lowest BCUT2D eigenvalue weighted by Gasteiger charge is -2.31. The molecule has 0 spiro atoms. The number of para-hydroxylation sites is 1. The smallest absolute Gasteiger partial charge is 0.163 e. The van der Waals surface area contributed by atoms with E-state index in [9.17, 15) is 0 Å². The lowest BCUT2D eigenvalue weighted by molar-refractivity contribution is 0.669. The van der Waals surface area contributed by atoms with Crippen molar-refractivity contribution >= 4 is 21.9 Å². The van der Waals surface area contributed by atoms with E-state index in [0.29, 0.717) is 17.5 Å². The maximum Gasteiger partial charge on any atom is 0.163 e. The van der Waals surface area contributed by atoms with Gasteiger partial charge < -0.3 is 4.42 Å². The molecular formula is C40H25N3O. The summed E-state index contributed by atoms with van der Waals surface area (Å²) in [6.45, 7) is 0. The molecule has 44 heavy (non-hydrogen) atoms. The summed E-state index contributed by atoms with van der Waals surface area (Å²) in [7, 11) is 0. The predicted molar refractivity (Wildman–Crippen MR) is 175 cm³/mol. The molecule has 0 fully saturated rings. The Bertz CT molecular complexity index is 2300. The SMILES string of the molecule is c1ccc(-c2nc(-c3ccc4c(c3)oc3ccccc34)nc(C3(c4ccccc4)c4ccccc4-c4ccccc43)n2)cc1. The van der Waals surface area contributed by atoms with Crippen LogP contribution in [0, 0.1) is 0 Å². The molecule has 0 bridgehead atoms. The molecule has 1 aliphatic carbocycles. The van der Waals surface area contributed by atoms with Crippen molar-refractivity contribution in [2.45, 2.75) is 5.41 Å². The first-order chi connectivity index (χ1) is 21.8. The van der Waals surface area contributed by atoms with Crippen molar-refractivity contribution < 1.29 is 4.42 Å². The third kappa shape index (κ3) is 3.55. The van der Waals surface area contributed by atoms with Crippen LogP contribution in [0.3, 0.4) is 0 Å². The third-order valence-electron chi connectivity index (χ3n) is 8.80. The van der Waals surface area contributed by atoms with E-state index in [-0.39, 0.29) is 0 Å². The lowest BCUT2D eigenvalue weighted by atomic mass is 9.71. The second-order valence-corrected chi connectivity index (χ2v) is 11.2. The van der Waals surface area contributed by atoms with Crippen molar-refractivity contribution in [1.29, 1.82) is 0 Å². The van der Waals surface area contributed by atoms with E-state index < -0.39 is 5.41 Å². The number of hydrogen-bond acceptors (Lipinski definition) is 4. The maximum absolute atomic E-state index is 6.27. The highest BCUT2D eigenvalue weighted by Gasteiger charge is 2.48. The van der Waals surface area contributed by atoms with Crippen LogP contribution in [-0.4, -0.2) is 15.0 Å². The van der Waals surface area contributed by atoms with Gasteiger partial charge in [-0.3, -0.25) is 0 Å². The number of benzene rings is 6. The van der Waals surface area contributed by atoms with Crippen molar-refractivity contribution in [3.63, 3.8) is 0 Å². The highest BCUT2D eigenvalue weighted by Crippen LogP contribution is 2.55. The number of furan rings is 1. The second-order valence-electron chi connectivity index (χ2n) is 11.2. The van der Waals surface area contributed by atoms with Crippen molar-refractivity contribution in [2.75, 3.05) is 0 Å². The van der Waals surface area contributed by atoms with Crippen LogP contribution in [0.15, 0.2) is 156 Å². The molecule has 1 aliphatic rings. The van der Waals surface area contributed by atoms with Gasteiger partial charge in [0.05, 0.1) is 0 Å². The van der Waals surface area contributed by atoms with Crippen molar-refractivity contribution in [1.82, 2.24) is 15.0 Å². The van der Waals surface area contributed by atoms with E-state index in [1.54, 1.807) is 0 Å². The molecule has 6 aromatic carbocycles. The maximum atomic E-state index is 6.27. The van der Waals surface area contributed by atoms with Gasteiger partial charge in [0.25, 0.3) is 0 Å². The fraction of sp³-hybridized carbons (Fsp3) is 0.0250. The molecule has 206 valence electrons. The van der Waals surface area contributed by atoms with Crippen LogP contribution in [0.2, 0.25) is 0 Å². The quantitative estimate of drug-likeness (QED) is 0.214. The second kappa shape index (κ2) is 9.58. The van der Waals surface area contributed by atoms with Gasteiger partial charge in [0.1, 0.15) is 16.6 Å². The van der Waals surface area contributed by atoms with Crippen molar-refractivity contribution in [3.8, 4) is 33.9 Å². The molecule has 0 radical (unpaired) electrons. The van der Waals surface area contributed by atoms with E-state index in [4.69, 9.17) is 19.4 Å². The minimum Gasteiger partial charge on any atom is -0.456 e. The Balaban J connectivity index is 1.37. The summed E-state index contributed by atoms with van der Waals surface area (Å²) in [5.41, 5.74) is 8.57. The Kier molecular flexibility index (Phi) is 5.38. The molecule has 4 nitrogen and oxygen atoms in total. The van der Waals surface area contributed by atoms with Crippen molar-refractivity contribution in [2.24, 2.45) is 0 Å². The van der Waals surface area contributed by atoms with Gasteiger partial charge in [-0.1, -0.05) is 133 Å². The van der Waals surface area contributed by atoms with Gasteiger partial charge in [-0.25, -0.2) is 15.0 Å². The van der Waals surface area contributed by atoms with Gasteiger partial charge >= 0.3 is 0 Å². The first kappa shape index (κ1) is 24.7. The Labute approximate surface area is 254 Å². The molecule has 0 atom stereocenters. The molecule has 2 heterocycles. The lowest BCUT2D eigenvalue weighted by Crippen LogP contribution is -2.31. The third-order valence-corrected chi connectivity index (χ3v) is 8.80. The standard InChI is InChI=1S/C40H25N3O/c1-3-13-26(14-4-1)37-41-38(27-23-24-32-31-19-9-12-22-35(31)44-36(32)25-27)43-39(42-37)40(28-15-5-2-6-16-28)33-20-10-7-17-29(33)30-18-8-11-21-34(30)40/h1-25H. The van der Waals surface area contributed by atoms with E-state index in [1.165, 1.54) is 11.1 Å². The van der Waals surface area contributed by atoms with E-state index in [1.807, 2.05) is 36.4 Å². The number of fused-ring (bicyclic) bond motifs is 6.